The van der Waals surface area contributed by atoms with Gasteiger partial charge >= 0.3 is 0 Å². The topological polar surface area (TPSA) is 43.1 Å². The summed E-state index contributed by atoms with van der Waals surface area (Å²) in [5.74, 6) is -0.282. The number of primary amides is 1. The fourth-order valence-corrected chi connectivity index (χ4v) is 1.02. The molecule has 1 aromatic carbocycles. The van der Waals surface area contributed by atoms with Crippen molar-refractivity contribution in [3.8, 4) is 0 Å². The summed E-state index contributed by atoms with van der Waals surface area (Å²) in [4.78, 5) is 10.5. The monoisotopic (exact) mass is 179 g/mol. The summed E-state index contributed by atoms with van der Waals surface area (Å²) >= 11 is 0. The summed E-state index contributed by atoms with van der Waals surface area (Å²) in [6.07, 6.45) is 0.335. The molecule has 0 fully saturated rings. The second kappa shape index (κ2) is 6.23. The molecule has 2 nitrogen and oxygen atoms in total. The van der Waals surface area contributed by atoms with Gasteiger partial charge < -0.3 is 5.73 Å². The third-order valence-corrected chi connectivity index (χ3v) is 1.46. The van der Waals surface area contributed by atoms with Gasteiger partial charge in [0, 0.05) is 0 Å². The van der Waals surface area contributed by atoms with E-state index in [2.05, 4.69) is 0 Å². The van der Waals surface area contributed by atoms with Crippen molar-refractivity contribution >= 4 is 5.91 Å². The number of hydrogen-bond acceptors (Lipinski definition) is 1. The zero-order valence-corrected chi connectivity index (χ0v) is 8.50. The number of nitrogens with two attached hydrogens (primary N) is 1. The molecule has 2 N–H and O–H groups in total. The number of amides is 1. The van der Waals surface area contributed by atoms with Gasteiger partial charge in [-0.15, -0.1) is 0 Å². The first-order valence-corrected chi connectivity index (χ1v) is 4.52. The number of rotatable bonds is 2. The molecule has 13 heavy (non-hydrogen) atoms. The van der Waals surface area contributed by atoms with E-state index in [4.69, 9.17) is 5.73 Å². The molecular formula is C11H17NO. The van der Waals surface area contributed by atoms with Crippen LogP contribution in [0.5, 0.6) is 0 Å². The molecule has 0 aliphatic rings. The Morgan fingerprint density at radius 3 is 2.46 bits per heavy atom. The Morgan fingerprint density at radius 1 is 1.38 bits per heavy atom. The molecular weight excluding hydrogens is 162 g/mol. The van der Waals surface area contributed by atoms with E-state index in [1.807, 2.05) is 45.0 Å². The van der Waals surface area contributed by atoms with Crippen LogP contribution < -0.4 is 5.73 Å². The third kappa shape index (κ3) is 5.01. The van der Waals surface area contributed by atoms with E-state index in [0.717, 1.165) is 11.1 Å². The Bertz CT molecular complexity index is 269. The SMILES string of the molecule is CC.Cc1cccc(CC(N)=O)c1. The predicted octanol–water partition coefficient (Wildman–Crippen LogP) is 2.05. The fourth-order valence-electron chi connectivity index (χ4n) is 1.02. The van der Waals surface area contributed by atoms with Gasteiger partial charge in [-0.1, -0.05) is 43.7 Å². The van der Waals surface area contributed by atoms with Crippen molar-refractivity contribution in [2.24, 2.45) is 5.73 Å². The highest BCUT2D eigenvalue weighted by molar-refractivity contribution is 5.76. The van der Waals surface area contributed by atoms with Gasteiger partial charge in [0.25, 0.3) is 0 Å². The minimum atomic E-state index is -0.282. The lowest BCUT2D eigenvalue weighted by atomic mass is 10.1. The molecule has 0 atom stereocenters. The molecule has 0 aromatic heterocycles. The van der Waals surface area contributed by atoms with E-state index in [9.17, 15) is 4.79 Å². The number of aryl methyl sites for hydroxylation is 1. The minimum Gasteiger partial charge on any atom is -0.369 e. The minimum absolute atomic E-state index is 0.282. The lowest BCUT2D eigenvalue weighted by Crippen LogP contribution is -2.13. The van der Waals surface area contributed by atoms with Crippen molar-refractivity contribution in [1.29, 1.82) is 0 Å². The summed E-state index contributed by atoms with van der Waals surface area (Å²) in [5.41, 5.74) is 7.18. The maximum Gasteiger partial charge on any atom is 0.221 e. The number of benzene rings is 1. The van der Waals surface area contributed by atoms with Crippen LogP contribution in [0.25, 0.3) is 0 Å². The molecule has 0 aliphatic heterocycles. The summed E-state index contributed by atoms with van der Waals surface area (Å²) in [5, 5.41) is 0. The first kappa shape index (κ1) is 11.7. The Balaban J connectivity index is 0.000000671. The van der Waals surface area contributed by atoms with E-state index in [1.165, 1.54) is 0 Å². The van der Waals surface area contributed by atoms with E-state index in [0.29, 0.717) is 6.42 Å². The predicted molar refractivity (Wildman–Crippen MR) is 55.4 cm³/mol. The molecule has 1 aromatic rings. The van der Waals surface area contributed by atoms with Crippen molar-refractivity contribution in [2.45, 2.75) is 27.2 Å². The highest BCUT2D eigenvalue weighted by Gasteiger charge is 1.96. The molecule has 0 bridgehead atoms. The van der Waals surface area contributed by atoms with Crippen molar-refractivity contribution < 1.29 is 4.79 Å². The molecule has 1 rings (SSSR count). The standard InChI is InChI=1S/C9H11NO.C2H6/c1-7-3-2-4-8(5-7)6-9(10)11;1-2/h2-5H,6H2,1H3,(H2,10,11);1-2H3. The number of carbonyl (C=O) groups is 1. The van der Waals surface area contributed by atoms with Crippen molar-refractivity contribution in [3.05, 3.63) is 35.4 Å². The summed E-state index contributed by atoms with van der Waals surface area (Å²) in [6.45, 7) is 5.99. The van der Waals surface area contributed by atoms with Crippen molar-refractivity contribution in [1.82, 2.24) is 0 Å². The molecule has 0 unspecified atom stereocenters. The summed E-state index contributed by atoms with van der Waals surface area (Å²) in [6, 6.07) is 7.78. The second-order valence-electron chi connectivity index (χ2n) is 2.63. The molecule has 2 heteroatoms. The van der Waals surface area contributed by atoms with Crippen LogP contribution in [0.4, 0.5) is 0 Å². The average Bonchev–Trinajstić information content (AvgIpc) is 2.06. The number of carbonyl (C=O) groups excluding carboxylic acids is 1. The van der Waals surface area contributed by atoms with Crippen LogP contribution in [0.1, 0.15) is 25.0 Å². The van der Waals surface area contributed by atoms with Gasteiger partial charge in [-0.2, -0.15) is 0 Å². The van der Waals surface area contributed by atoms with Crippen molar-refractivity contribution in [2.75, 3.05) is 0 Å². The van der Waals surface area contributed by atoms with Gasteiger partial charge in [-0.3, -0.25) is 4.79 Å². The molecule has 0 radical (unpaired) electrons. The Hall–Kier alpha value is -1.31. The zero-order valence-electron chi connectivity index (χ0n) is 8.50. The Labute approximate surface area is 79.8 Å². The second-order valence-corrected chi connectivity index (χ2v) is 2.63. The smallest absolute Gasteiger partial charge is 0.221 e. The quantitative estimate of drug-likeness (QED) is 0.741. The Kier molecular flexibility index (Phi) is 5.60. The lowest BCUT2D eigenvalue weighted by Gasteiger charge is -1.97. The highest BCUT2D eigenvalue weighted by atomic mass is 16.1. The molecule has 72 valence electrons. The van der Waals surface area contributed by atoms with Crippen LogP contribution in [0, 0.1) is 6.92 Å². The van der Waals surface area contributed by atoms with Gasteiger partial charge in [-0.25, -0.2) is 0 Å². The van der Waals surface area contributed by atoms with Crippen LogP contribution in [-0.4, -0.2) is 5.91 Å². The van der Waals surface area contributed by atoms with Crippen LogP contribution in [0.3, 0.4) is 0 Å². The molecule has 1 amide bonds. The van der Waals surface area contributed by atoms with E-state index < -0.39 is 0 Å². The van der Waals surface area contributed by atoms with Gasteiger partial charge in [-0.05, 0) is 12.5 Å². The highest BCUT2D eigenvalue weighted by Crippen LogP contribution is 2.03. The van der Waals surface area contributed by atoms with E-state index >= 15 is 0 Å². The molecule has 0 spiro atoms. The summed E-state index contributed by atoms with van der Waals surface area (Å²) in [7, 11) is 0. The normalized spacial score (nSPS) is 8.54. The lowest BCUT2D eigenvalue weighted by molar-refractivity contribution is -0.117. The molecule has 0 heterocycles. The van der Waals surface area contributed by atoms with Crippen LogP contribution in [0.2, 0.25) is 0 Å². The first-order valence-electron chi connectivity index (χ1n) is 4.52. The maximum absolute atomic E-state index is 10.5. The average molecular weight is 179 g/mol. The van der Waals surface area contributed by atoms with Gasteiger partial charge in [0.1, 0.15) is 0 Å². The first-order chi connectivity index (χ1) is 6.18. The third-order valence-electron chi connectivity index (χ3n) is 1.46. The van der Waals surface area contributed by atoms with Crippen molar-refractivity contribution in [3.63, 3.8) is 0 Å². The van der Waals surface area contributed by atoms with Gasteiger partial charge in [0.15, 0.2) is 0 Å². The zero-order chi connectivity index (χ0) is 10.3. The molecule has 0 aliphatic carbocycles. The maximum atomic E-state index is 10.5. The van der Waals surface area contributed by atoms with Crippen LogP contribution in [0.15, 0.2) is 24.3 Å². The summed E-state index contributed by atoms with van der Waals surface area (Å²) < 4.78 is 0. The molecule has 0 saturated carbocycles. The van der Waals surface area contributed by atoms with Crippen LogP contribution >= 0.6 is 0 Å². The van der Waals surface area contributed by atoms with Gasteiger partial charge in [0.2, 0.25) is 5.91 Å². The molecule has 0 saturated heterocycles. The van der Waals surface area contributed by atoms with E-state index in [-0.39, 0.29) is 5.91 Å². The largest absolute Gasteiger partial charge is 0.369 e. The Morgan fingerprint density at radius 2 is 2.00 bits per heavy atom. The fraction of sp³-hybridized carbons (Fsp3) is 0.364. The van der Waals surface area contributed by atoms with Gasteiger partial charge in [0.05, 0.1) is 6.42 Å². The van der Waals surface area contributed by atoms with Crippen LogP contribution in [-0.2, 0) is 11.2 Å². The van der Waals surface area contributed by atoms with E-state index in [1.54, 1.807) is 0 Å². The number of hydrogen-bond donors (Lipinski definition) is 1.